The maximum absolute atomic E-state index is 5.53. The number of anilines is 1. The van der Waals surface area contributed by atoms with Crippen molar-refractivity contribution in [1.82, 2.24) is 19.9 Å². The SMILES string of the molecule is CC1CCN(c2nnc(SCc3cc(-c4ccccc4)on3)n2C2CC2)CC1. The second-order valence-corrected chi connectivity index (χ2v) is 8.83. The van der Waals surface area contributed by atoms with E-state index in [4.69, 9.17) is 4.52 Å². The monoisotopic (exact) mass is 395 g/mol. The maximum Gasteiger partial charge on any atom is 0.228 e. The van der Waals surface area contributed by atoms with E-state index in [1.165, 1.54) is 25.7 Å². The van der Waals surface area contributed by atoms with Crippen LogP contribution in [0.5, 0.6) is 0 Å². The molecule has 1 aromatic carbocycles. The molecule has 146 valence electrons. The normalized spacial score (nSPS) is 18.0. The van der Waals surface area contributed by atoms with E-state index in [2.05, 4.69) is 31.7 Å². The van der Waals surface area contributed by atoms with Crippen molar-refractivity contribution in [3.63, 3.8) is 0 Å². The lowest BCUT2D eigenvalue weighted by atomic mass is 10.00. The van der Waals surface area contributed by atoms with Gasteiger partial charge in [0.2, 0.25) is 5.95 Å². The highest BCUT2D eigenvalue weighted by Gasteiger charge is 2.32. The van der Waals surface area contributed by atoms with E-state index in [-0.39, 0.29) is 0 Å². The molecular formula is C21H25N5OS. The highest BCUT2D eigenvalue weighted by molar-refractivity contribution is 7.98. The molecule has 3 aromatic rings. The fourth-order valence-corrected chi connectivity index (χ4v) is 4.58. The zero-order valence-corrected chi connectivity index (χ0v) is 16.9. The number of aromatic nitrogens is 4. The van der Waals surface area contributed by atoms with Gasteiger partial charge < -0.3 is 9.42 Å². The van der Waals surface area contributed by atoms with Gasteiger partial charge in [0, 0.05) is 36.5 Å². The minimum absolute atomic E-state index is 0.559. The van der Waals surface area contributed by atoms with Crippen LogP contribution in [-0.4, -0.2) is 33.0 Å². The molecule has 2 aliphatic rings. The van der Waals surface area contributed by atoms with E-state index in [1.54, 1.807) is 11.8 Å². The van der Waals surface area contributed by atoms with Crippen LogP contribution in [0.15, 0.2) is 46.1 Å². The molecular weight excluding hydrogens is 370 g/mol. The lowest BCUT2D eigenvalue weighted by Gasteiger charge is -2.31. The molecule has 2 fully saturated rings. The van der Waals surface area contributed by atoms with Gasteiger partial charge >= 0.3 is 0 Å². The van der Waals surface area contributed by atoms with Crippen LogP contribution in [0.3, 0.4) is 0 Å². The highest BCUT2D eigenvalue weighted by atomic mass is 32.2. The summed E-state index contributed by atoms with van der Waals surface area (Å²) in [7, 11) is 0. The molecule has 0 spiro atoms. The highest BCUT2D eigenvalue weighted by Crippen LogP contribution is 2.42. The van der Waals surface area contributed by atoms with Crippen molar-refractivity contribution in [1.29, 1.82) is 0 Å². The van der Waals surface area contributed by atoms with Gasteiger partial charge in [0.1, 0.15) is 0 Å². The van der Waals surface area contributed by atoms with Gasteiger partial charge in [-0.1, -0.05) is 54.2 Å². The predicted molar refractivity (Wildman–Crippen MR) is 110 cm³/mol. The summed E-state index contributed by atoms with van der Waals surface area (Å²) in [6.07, 6.45) is 4.93. The minimum Gasteiger partial charge on any atom is -0.356 e. The summed E-state index contributed by atoms with van der Waals surface area (Å²) >= 11 is 1.70. The average Bonchev–Trinajstić information content (AvgIpc) is 3.30. The van der Waals surface area contributed by atoms with Crippen LogP contribution in [0.4, 0.5) is 5.95 Å². The molecule has 0 bridgehead atoms. The van der Waals surface area contributed by atoms with Gasteiger partial charge in [0.05, 0.1) is 5.69 Å². The van der Waals surface area contributed by atoms with Gasteiger partial charge in [-0.2, -0.15) is 0 Å². The second-order valence-electron chi connectivity index (χ2n) is 7.89. The molecule has 0 radical (unpaired) electrons. The molecule has 28 heavy (non-hydrogen) atoms. The summed E-state index contributed by atoms with van der Waals surface area (Å²) in [5, 5.41) is 14.3. The topological polar surface area (TPSA) is 60.0 Å². The van der Waals surface area contributed by atoms with Crippen molar-refractivity contribution in [3.8, 4) is 11.3 Å². The zero-order chi connectivity index (χ0) is 18.9. The molecule has 0 unspecified atom stereocenters. The molecule has 3 heterocycles. The van der Waals surface area contributed by atoms with E-state index < -0.39 is 0 Å². The summed E-state index contributed by atoms with van der Waals surface area (Å²) in [6.45, 7) is 4.51. The molecule has 6 nitrogen and oxygen atoms in total. The maximum atomic E-state index is 5.53. The molecule has 1 saturated heterocycles. The summed E-state index contributed by atoms with van der Waals surface area (Å²) in [6, 6.07) is 12.7. The third-order valence-electron chi connectivity index (χ3n) is 5.59. The van der Waals surface area contributed by atoms with Gasteiger partial charge in [-0.3, -0.25) is 4.57 Å². The molecule has 0 N–H and O–H groups in total. The van der Waals surface area contributed by atoms with Crippen molar-refractivity contribution < 1.29 is 4.52 Å². The largest absolute Gasteiger partial charge is 0.356 e. The Kier molecular flexibility index (Phi) is 4.84. The van der Waals surface area contributed by atoms with E-state index >= 15 is 0 Å². The molecule has 1 aliphatic carbocycles. The number of nitrogens with zero attached hydrogens (tertiary/aromatic N) is 5. The molecule has 0 amide bonds. The van der Waals surface area contributed by atoms with Gasteiger partial charge in [-0.25, -0.2) is 0 Å². The first-order chi connectivity index (χ1) is 13.8. The van der Waals surface area contributed by atoms with Crippen molar-refractivity contribution in [2.24, 2.45) is 5.92 Å². The van der Waals surface area contributed by atoms with E-state index in [1.807, 2.05) is 36.4 Å². The van der Waals surface area contributed by atoms with E-state index in [0.29, 0.717) is 6.04 Å². The summed E-state index contributed by atoms with van der Waals surface area (Å²) in [5.74, 6) is 3.41. The Morgan fingerprint density at radius 2 is 1.86 bits per heavy atom. The Morgan fingerprint density at radius 1 is 1.07 bits per heavy atom. The predicted octanol–water partition coefficient (Wildman–Crippen LogP) is 4.80. The zero-order valence-electron chi connectivity index (χ0n) is 16.1. The van der Waals surface area contributed by atoms with Gasteiger partial charge in [-0.15, -0.1) is 10.2 Å². The lowest BCUT2D eigenvalue weighted by molar-refractivity contribution is 0.426. The Labute approximate surface area is 169 Å². The summed E-state index contributed by atoms with van der Waals surface area (Å²) < 4.78 is 7.89. The molecule has 2 aromatic heterocycles. The summed E-state index contributed by atoms with van der Waals surface area (Å²) in [5.41, 5.74) is 1.98. The van der Waals surface area contributed by atoms with Crippen LogP contribution in [0.1, 0.15) is 44.3 Å². The molecule has 1 aliphatic heterocycles. The first-order valence-corrected chi connectivity index (χ1v) is 11.1. The number of piperidine rings is 1. The van der Waals surface area contributed by atoms with Gasteiger partial charge in [0.25, 0.3) is 0 Å². The number of rotatable bonds is 6. The van der Waals surface area contributed by atoms with Crippen molar-refractivity contribution in [3.05, 3.63) is 42.1 Å². The van der Waals surface area contributed by atoms with Crippen molar-refractivity contribution >= 4 is 17.7 Å². The third-order valence-corrected chi connectivity index (χ3v) is 6.57. The Bertz CT molecular complexity index is 925. The van der Waals surface area contributed by atoms with Gasteiger partial charge in [-0.05, 0) is 31.6 Å². The Morgan fingerprint density at radius 3 is 2.61 bits per heavy atom. The molecule has 5 rings (SSSR count). The molecule has 1 saturated carbocycles. The third kappa shape index (κ3) is 3.68. The van der Waals surface area contributed by atoms with Crippen LogP contribution in [0.25, 0.3) is 11.3 Å². The molecule has 7 heteroatoms. The van der Waals surface area contributed by atoms with E-state index in [9.17, 15) is 0 Å². The number of hydrogen-bond donors (Lipinski definition) is 0. The van der Waals surface area contributed by atoms with Crippen LogP contribution in [-0.2, 0) is 5.75 Å². The fraction of sp³-hybridized carbons (Fsp3) is 0.476. The number of thioether (sulfide) groups is 1. The van der Waals surface area contributed by atoms with Crippen molar-refractivity contribution in [2.75, 3.05) is 18.0 Å². The van der Waals surface area contributed by atoms with Gasteiger partial charge in [0.15, 0.2) is 10.9 Å². The molecule has 0 atom stereocenters. The Balaban J connectivity index is 1.30. The van der Waals surface area contributed by atoms with Crippen molar-refractivity contribution in [2.45, 2.75) is 49.6 Å². The first kappa shape index (κ1) is 17.8. The quantitative estimate of drug-likeness (QED) is 0.559. The number of benzene rings is 1. The number of hydrogen-bond acceptors (Lipinski definition) is 6. The smallest absolute Gasteiger partial charge is 0.228 e. The standard InChI is InChI=1S/C21H25N5OS/c1-15-9-11-25(12-10-15)20-22-23-21(26(20)18-7-8-18)28-14-17-13-19(27-24-17)16-5-3-2-4-6-16/h2-6,13,15,18H,7-12,14H2,1H3. The first-order valence-electron chi connectivity index (χ1n) is 10.1. The average molecular weight is 396 g/mol. The van der Waals surface area contributed by atoms with Crippen LogP contribution in [0, 0.1) is 5.92 Å². The Hall–Kier alpha value is -2.28. The van der Waals surface area contributed by atoms with Crippen LogP contribution >= 0.6 is 11.8 Å². The van der Waals surface area contributed by atoms with Crippen LogP contribution in [0.2, 0.25) is 0 Å². The van der Waals surface area contributed by atoms with Crippen LogP contribution < -0.4 is 4.90 Å². The van der Waals surface area contributed by atoms with E-state index in [0.717, 1.165) is 52.9 Å². The lowest BCUT2D eigenvalue weighted by Crippen LogP contribution is -2.34. The fourth-order valence-electron chi connectivity index (χ4n) is 3.70. The minimum atomic E-state index is 0.559. The second kappa shape index (κ2) is 7.62. The summed E-state index contributed by atoms with van der Waals surface area (Å²) in [4.78, 5) is 2.42.